The van der Waals surface area contributed by atoms with E-state index in [9.17, 15) is 0 Å². The molecule has 0 aliphatic heterocycles. The van der Waals surface area contributed by atoms with Crippen LogP contribution >= 0.6 is 23.2 Å². The summed E-state index contributed by atoms with van der Waals surface area (Å²) in [5.74, 6) is 0. The number of nitrogens with zero attached hydrogens (tertiary/aromatic N) is 2. The highest BCUT2D eigenvalue weighted by molar-refractivity contribution is 6.32. The Morgan fingerprint density at radius 2 is 2.00 bits per heavy atom. The van der Waals surface area contributed by atoms with Crippen molar-refractivity contribution in [3.05, 3.63) is 28.0 Å². The fourth-order valence-electron chi connectivity index (χ4n) is 1.53. The van der Waals surface area contributed by atoms with Crippen LogP contribution in [0, 0.1) is 0 Å². The van der Waals surface area contributed by atoms with E-state index in [0.717, 1.165) is 25.2 Å². The summed E-state index contributed by atoms with van der Waals surface area (Å²) in [6, 6.07) is 3.74. The van der Waals surface area contributed by atoms with Crippen molar-refractivity contribution >= 4 is 23.2 Å². The Morgan fingerprint density at radius 1 is 1.25 bits per heavy atom. The average Bonchev–Trinajstić information content (AvgIpc) is 2.27. The summed E-state index contributed by atoms with van der Waals surface area (Å²) in [5.41, 5.74) is 1.05. The molecule has 1 heterocycles. The zero-order chi connectivity index (χ0) is 12.0. The Kier molecular flexibility index (Phi) is 6.10. The van der Waals surface area contributed by atoms with Gasteiger partial charge in [0.15, 0.2) is 0 Å². The maximum absolute atomic E-state index is 6.04. The molecule has 4 heteroatoms. The Bertz CT molecular complexity index is 329. The van der Waals surface area contributed by atoms with E-state index in [2.05, 4.69) is 23.7 Å². The van der Waals surface area contributed by atoms with E-state index in [1.54, 1.807) is 6.07 Å². The van der Waals surface area contributed by atoms with Gasteiger partial charge in [0.05, 0.1) is 0 Å². The van der Waals surface area contributed by atoms with Crippen molar-refractivity contribution in [2.45, 2.75) is 33.2 Å². The lowest BCUT2D eigenvalue weighted by Gasteiger charge is -2.20. The molecule has 0 saturated carbocycles. The normalized spacial score (nSPS) is 11.1. The molecule has 0 saturated heterocycles. The van der Waals surface area contributed by atoms with Crippen molar-refractivity contribution in [3.63, 3.8) is 0 Å². The predicted octanol–water partition coefficient (Wildman–Crippen LogP) is 4.01. The smallest absolute Gasteiger partial charge is 0.135 e. The number of hydrogen-bond acceptors (Lipinski definition) is 2. The van der Waals surface area contributed by atoms with Gasteiger partial charge in [0, 0.05) is 12.1 Å². The van der Waals surface area contributed by atoms with Crippen LogP contribution in [0.2, 0.25) is 10.3 Å². The molecule has 0 N–H and O–H groups in total. The second kappa shape index (κ2) is 7.10. The van der Waals surface area contributed by atoms with Crippen LogP contribution in [0.5, 0.6) is 0 Å². The molecule has 1 aromatic rings. The molecule has 0 unspecified atom stereocenters. The summed E-state index contributed by atoms with van der Waals surface area (Å²) < 4.78 is 0. The standard InChI is InChI=1S/C12H18Cl2N2/c1-3-5-8-16(4-2)9-10-6-7-11(13)15-12(10)14/h6-7H,3-5,8-9H2,1-2H3. The van der Waals surface area contributed by atoms with Gasteiger partial charge in [-0.3, -0.25) is 4.90 Å². The molecule has 1 aromatic heterocycles. The SMILES string of the molecule is CCCCN(CC)Cc1ccc(Cl)nc1Cl. The van der Waals surface area contributed by atoms with Crippen molar-refractivity contribution in [2.75, 3.05) is 13.1 Å². The molecule has 0 amide bonds. The molecule has 1 rings (SSSR count). The van der Waals surface area contributed by atoms with Crippen LogP contribution < -0.4 is 0 Å². The molecular weight excluding hydrogens is 243 g/mol. The number of unbranched alkanes of at least 4 members (excludes halogenated alkanes) is 1. The lowest BCUT2D eigenvalue weighted by atomic mass is 10.2. The molecule has 0 fully saturated rings. The van der Waals surface area contributed by atoms with Crippen molar-refractivity contribution < 1.29 is 0 Å². The molecule has 0 aliphatic carbocycles. The minimum absolute atomic E-state index is 0.449. The van der Waals surface area contributed by atoms with Gasteiger partial charge < -0.3 is 0 Å². The third-order valence-electron chi connectivity index (χ3n) is 2.56. The van der Waals surface area contributed by atoms with Gasteiger partial charge in [0.25, 0.3) is 0 Å². The van der Waals surface area contributed by atoms with Crippen LogP contribution in [0.15, 0.2) is 12.1 Å². The fourth-order valence-corrected chi connectivity index (χ4v) is 1.94. The highest BCUT2D eigenvalue weighted by Crippen LogP contribution is 2.18. The topological polar surface area (TPSA) is 16.1 Å². The zero-order valence-corrected chi connectivity index (χ0v) is 11.4. The molecule has 0 spiro atoms. The lowest BCUT2D eigenvalue weighted by molar-refractivity contribution is 0.275. The molecule has 0 radical (unpaired) electrons. The second-order valence-corrected chi connectivity index (χ2v) is 4.55. The van der Waals surface area contributed by atoms with Crippen LogP contribution in [-0.2, 0) is 6.54 Å². The van der Waals surface area contributed by atoms with Gasteiger partial charge in [-0.05, 0) is 25.6 Å². The van der Waals surface area contributed by atoms with Crippen molar-refractivity contribution in [1.29, 1.82) is 0 Å². The van der Waals surface area contributed by atoms with E-state index in [4.69, 9.17) is 23.2 Å². The summed E-state index contributed by atoms with van der Waals surface area (Å²) in [5, 5.41) is 0.966. The summed E-state index contributed by atoms with van der Waals surface area (Å²) in [7, 11) is 0. The molecule has 0 aromatic carbocycles. The number of aromatic nitrogens is 1. The zero-order valence-electron chi connectivity index (χ0n) is 9.84. The first-order chi connectivity index (χ1) is 7.67. The van der Waals surface area contributed by atoms with Gasteiger partial charge in [-0.2, -0.15) is 0 Å². The molecule has 16 heavy (non-hydrogen) atoms. The van der Waals surface area contributed by atoms with Gasteiger partial charge in [-0.1, -0.05) is 49.5 Å². The Labute approximate surface area is 108 Å². The molecule has 0 aliphatic rings. The van der Waals surface area contributed by atoms with E-state index >= 15 is 0 Å². The molecule has 0 atom stereocenters. The first-order valence-corrected chi connectivity index (χ1v) is 6.46. The summed E-state index contributed by atoms with van der Waals surface area (Å²) in [6.07, 6.45) is 2.43. The number of rotatable bonds is 6. The Balaban J connectivity index is 2.62. The number of pyridine rings is 1. The van der Waals surface area contributed by atoms with E-state index in [1.165, 1.54) is 12.8 Å². The van der Waals surface area contributed by atoms with Gasteiger partial charge in [-0.25, -0.2) is 4.98 Å². The third-order valence-corrected chi connectivity index (χ3v) is 3.10. The highest BCUT2D eigenvalue weighted by Gasteiger charge is 2.07. The van der Waals surface area contributed by atoms with Crippen molar-refractivity contribution in [3.8, 4) is 0 Å². The first-order valence-electron chi connectivity index (χ1n) is 5.70. The average molecular weight is 261 g/mol. The number of hydrogen-bond donors (Lipinski definition) is 0. The van der Waals surface area contributed by atoms with Gasteiger partial charge >= 0.3 is 0 Å². The minimum Gasteiger partial charge on any atom is -0.299 e. The third kappa shape index (κ3) is 4.28. The molecule has 90 valence electrons. The quantitative estimate of drug-likeness (QED) is 0.719. The van der Waals surface area contributed by atoms with Crippen molar-refractivity contribution in [1.82, 2.24) is 9.88 Å². The van der Waals surface area contributed by atoms with Crippen LogP contribution in [0.1, 0.15) is 32.3 Å². The summed E-state index contributed by atoms with van der Waals surface area (Å²) >= 11 is 11.8. The largest absolute Gasteiger partial charge is 0.299 e. The van der Waals surface area contributed by atoms with Gasteiger partial charge in [-0.15, -0.1) is 0 Å². The molecule has 2 nitrogen and oxygen atoms in total. The maximum atomic E-state index is 6.04. The highest BCUT2D eigenvalue weighted by atomic mass is 35.5. The van der Waals surface area contributed by atoms with Crippen LogP contribution in [0.4, 0.5) is 0 Å². The van der Waals surface area contributed by atoms with Crippen LogP contribution in [0.3, 0.4) is 0 Å². The number of halogens is 2. The summed E-state index contributed by atoms with van der Waals surface area (Å²) in [6.45, 7) is 7.34. The van der Waals surface area contributed by atoms with E-state index in [0.29, 0.717) is 10.3 Å². The van der Waals surface area contributed by atoms with Crippen molar-refractivity contribution in [2.24, 2.45) is 0 Å². The minimum atomic E-state index is 0.449. The van der Waals surface area contributed by atoms with Crippen LogP contribution in [0.25, 0.3) is 0 Å². The fraction of sp³-hybridized carbons (Fsp3) is 0.583. The second-order valence-electron chi connectivity index (χ2n) is 3.81. The van der Waals surface area contributed by atoms with Gasteiger partial charge in [0.2, 0.25) is 0 Å². The summed E-state index contributed by atoms with van der Waals surface area (Å²) in [4.78, 5) is 6.41. The lowest BCUT2D eigenvalue weighted by Crippen LogP contribution is -2.24. The predicted molar refractivity (Wildman–Crippen MR) is 70.1 cm³/mol. The van der Waals surface area contributed by atoms with E-state index in [1.807, 2.05) is 6.07 Å². The Hall–Kier alpha value is -0.310. The molecule has 0 bridgehead atoms. The first kappa shape index (κ1) is 13.8. The van der Waals surface area contributed by atoms with Crippen LogP contribution in [-0.4, -0.2) is 23.0 Å². The molecular formula is C12H18Cl2N2. The van der Waals surface area contributed by atoms with E-state index in [-0.39, 0.29) is 0 Å². The Morgan fingerprint density at radius 3 is 2.56 bits per heavy atom. The monoisotopic (exact) mass is 260 g/mol. The maximum Gasteiger partial charge on any atom is 0.135 e. The van der Waals surface area contributed by atoms with Gasteiger partial charge in [0.1, 0.15) is 10.3 Å². The van der Waals surface area contributed by atoms with E-state index < -0.39 is 0 Å².